The number of rotatable bonds is 3. The minimum atomic E-state index is -0.179. The number of aliphatic imine (C=N–C) groups is 1. The molecule has 1 aliphatic heterocycles. The zero-order valence-electron chi connectivity index (χ0n) is 15.2. The highest BCUT2D eigenvalue weighted by Gasteiger charge is 2.49. The van der Waals surface area contributed by atoms with E-state index in [1.54, 1.807) is 7.11 Å². The van der Waals surface area contributed by atoms with Gasteiger partial charge in [-0.05, 0) is 96.2 Å². The van der Waals surface area contributed by atoms with Gasteiger partial charge in [-0.25, -0.2) is 4.99 Å². The molecule has 140 valence electrons. The Morgan fingerprint density at radius 3 is 2.33 bits per heavy atom. The number of methoxy groups -OCH3 is 1. The van der Waals surface area contributed by atoms with Crippen LogP contribution in [0.3, 0.4) is 0 Å². The van der Waals surface area contributed by atoms with Crippen molar-refractivity contribution in [3.63, 3.8) is 0 Å². The van der Waals surface area contributed by atoms with Crippen LogP contribution in [0.25, 0.3) is 0 Å². The number of amidine groups is 1. The van der Waals surface area contributed by atoms with Crippen LogP contribution < -0.4 is 15.0 Å². The first-order chi connectivity index (χ1) is 13.1. The fraction of sp³-hybridized carbons (Fsp3) is 0.333. The smallest absolute Gasteiger partial charge is 0.202 e. The summed E-state index contributed by atoms with van der Waals surface area (Å²) >= 11 is 8.05. The Labute approximate surface area is 179 Å². The molecule has 1 saturated carbocycles. The van der Waals surface area contributed by atoms with E-state index in [4.69, 9.17) is 21.9 Å². The van der Waals surface area contributed by atoms with E-state index in [1.807, 2.05) is 24.3 Å². The molecule has 0 unspecified atom stereocenters. The summed E-state index contributed by atoms with van der Waals surface area (Å²) in [5.41, 5.74) is 1.95. The van der Waals surface area contributed by atoms with Crippen molar-refractivity contribution >= 4 is 57.1 Å². The maximum absolute atomic E-state index is 5.72. The minimum absolute atomic E-state index is 0.179. The topological polar surface area (TPSA) is 36.9 Å². The Kier molecular flexibility index (Phi) is 5.36. The van der Waals surface area contributed by atoms with Gasteiger partial charge in [-0.3, -0.25) is 0 Å². The molecule has 0 atom stereocenters. The van der Waals surface area contributed by atoms with Crippen molar-refractivity contribution in [2.45, 2.75) is 37.6 Å². The number of nitrogens with one attached hydrogen (secondary N) is 1. The number of benzene rings is 2. The molecule has 1 fully saturated rings. The second-order valence-corrected chi connectivity index (χ2v) is 8.61. The predicted octanol–water partition coefficient (Wildman–Crippen LogP) is 5.62. The van der Waals surface area contributed by atoms with E-state index in [-0.39, 0.29) is 5.54 Å². The number of nitrogens with zero attached hydrogens (tertiary/aromatic N) is 2. The van der Waals surface area contributed by atoms with Gasteiger partial charge in [-0.1, -0.05) is 19.3 Å². The largest absolute Gasteiger partial charge is 0.497 e. The molecule has 0 saturated heterocycles. The van der Waals surface area contributed by atoms with E-state index >= 15 is 0 Å². The molecule has 1 heterocycles. The zero-order chi connectivity index (χ0) is 18.9. The third-order valence-electron chi connectivity index (χ3n) is 5.39. The molecular formula is C21H22IN3OS. The summed E-state index contributed by atoms with van der Waals surface area (Å²) in [6, 6.07) is 16.5. The molecule has 4 rings (SSSR count). The van der Waals surface area contributed by atoms with Crippen molar-refractivity contribution in [1.29, 1.82) is 0 Å². The molecule has 1 spiro atoms. The van der Waals surface area contributed by atoms with Crippen LogP contribution in [0.5, 0.6) is 5.75 Å². The number of hydrogen-bond acceptors (Lipinski definition) is 3. The monoisotopic (exact) mass is 491 g/mol. The molecule has 2 aliphatic rings. The summed E-state index contributed by atoms with van der Waals surface area (Å²) in [6.45, 7) is 0. The first kappa shape index (κ1) is 18.7. The Balaban J connectivity index is 1.68. The Bertz CT molecular complexity index is 858. The van der Waals surface area contributed by atoms with Crippen LogP contribution in [0.15, 0.2) is 53.5 Å². The maximum atomic E-state index is 5.72. The number of halogens is 1. The molecule has 6 heteroatoms. The molecule has 2 aromatic carbocycles. The summed E-state index contributed by atoms with van der Waals surface area (Å²) in [4.78, 5) is 7.08. The van der Waals surface area contributed by atoms with Crippen molar-refractivity contribution < 1.29 is 4.74 Å². The van der Waals surface area contributed by atoms with Crippen LogP contribution in [-0.2, 0) is 0 Å². The molecule has 27 heavy (non-hydrogen) atoms. The third kappa shape index (κ3) is 3.57. The van der Waals surface area contributed by atoms with Crippen LogP contribution in [-0.4, -0.2) is 23.6 Å². The molecule has 0 aromatic heterocycles. The van der Waals surface area contributed by atoms with Crippen molar-refractivity contribution in [3.8, 4) is 5.75 Å². The average molecular weight is 491 g/mol. The van der Waals surface area contributed by atoms with Crippen molar-refractivity contribution in [2.75, 3.05) is 17.3 Å². The van der Waals surface area contributed by atoms with Crippen LogP contribution in [0, 0.1) is 3.57 Å². The minimum Gasteiger partial charge on any atom is -0.497 e. The Hall–Kier alpha value is -1.67. The lowest BCUT2D eigenvalue weighted by Gasteiger charge is -2.42. The highest BCUT2D eigenvalue weighted by atomic mass is 127. The summed E-state index contributed by atoms with van der Waals surface area (Å²) in [5.74, 6) is 1.81. The molecular weight excluding hydrogens is 469 g/mol. The quantitative estimate of drug-likeness (QED) is 0.447. The van der Waals surface area contributed by atoms with Gasteiger partial charge in [0.2, 0.25) is 5.11 Å². The number of ether oxygens (including phenoxy) is 1. The van der Waals surface area contributed by atoms with Crippen molar-refractivity contribution in [1.82, 2.24) is 0 Å². The lowest BCUT2D eigenvalue weighted by Crippen LogP contribution is -2.55. The van der Waals surface area contributed by atoms with Gasteiger partial charge in [0.25, 0.3) is 0 Å². The van der Waals surface area contributed by atoms with Gasteiger partial charge in [-0.2, -0.15) is 0 Å². The van der Waals surface area contributed by atoms with Crippen LogP contribution in [0.2, 0.25) is 0 Å². The van der Waals surface area contributed by atoms with Gasteiger partial charge < -0.3 is 15.0 Å². The fourth-order valence-electron chi connectivity index (χ4n) is 4.04. The van der Waals surface area contributed by atoms with E-state index in [1.165, 1.54) is 22.8 Å². The molecule has 0 amide bonds. The van der Waals surface area contributed by atoms with Crippen LogP contribution in [0.4, 0.5) is 11.4 Å². The van der Waals surface area contributed by atoms with E-state index in [0.717, 1.165) is 35.8 Å². The normalized spacial score (nSPS) is 18.5. The molecule has 0 radical (unpaired) electrons. The standard InChI is InChI=1S/C21H22IN3OS/c1-26-18-11-7-16(8-12-18)23-19-21(13-3-2-4-14-21)25(20(27)24-19)17-9-5-15(22)6-10-17/h5-12H,2-4,13-14H2,1H3,(H,23,24,27). The number of hydrogen-bond donors (Lipinski definition) is 1. The molecule has 1 N–H and O–H groups in total. The van der Waals surface area contributed by atoms with Crippen molar-refractivity contribution in [2.24, 2.45) is 4.99 Å². The molecule has 4 nitrogen and oxygen atoms in total. The van der Waals surface area contributed by atoms with E-state index in [9.17, 15) is 0 Å². The number of anilines is 2. The van der Waals surface area contributed by atoms with Gasteiger partial charge in [0.15, 0.2) is 0 Å². The van der Waals surface area contributed by atoms with Crippen molar-refractivity contribution in [3.05, 3.63) is 52.1 Å². The van der Waals surface area contributed by atoms with E-state index in [0.29, 0.717) is 5.11 Å². The van der Waals surface area contributed by atoms with Gasteiger partial charge in [0.05, 0.1) is 7.11 Å². The lowest BCUT2D eigenvalue weighted by atomic mass is 9.79. The first-order valence-corrected chi connectivity index (χ1v) is 10.7. The summed E-state index contributed by atoms with van der Waals surface area (Å²) in [5, 5.41) is 4.21. The average Bonchev–Trinajstić information content (AvgIpc) is 2.94. The highest BCUT2D eigenvalue weighted by Crippen LogP contribution is 2.42. The van der Waals surface area contributed by atoms with Gasteiger partial charge in [0.1, 0.15) is 17.1 Å². The fourth-order valence-corrected chi connectivity index (χ4v) is 4.77. The SMILES string of the molecule is COc1ccc(NC2=NC(=S)N(c3ccc(I)cc3)C23CCCCC3)cc1. The number of thiocarbonyl (C=S) groups is 1. The summed E-state index contributed by atoms with van der Waals surface area (Å²) in [6.07, 6.45) is 5.76. The second kappa shape index (κ2) is 7.75. The molecule has 1 aliphatic carbocycles. The summed E-state index contributed by atoms with van der Waals surface area (Å²) in [7, 11) is 1.68. The maximum Gasteiger partial charge on any atom is 0.202 e. The lowest BCUT2D eigenvalue weighted by molar-refractivity contribution is 0.386. The van der Waals surface area contributed by atoms with E-state index in [2.05, 4.69) is 57.1 Å². The van der Waals surface area contributed by atoms with Gasteiger partial charge >= 0.3 is 0 Å². The van der Waals surface area contributed by atoms with E-state index < -0.39 is 0 Å². The van der Waals surface area contributed by atoms with Crippen LogP contribution in [0.1, 0.15) is 32.1 Å². The molecule has 0 bridgehead atoms. The Morgan fingerprint density at radius 1 is 1.04 bits per heavy atom. The third-order valence-corrected chi connectivity index (χ3v) is 6.38. The first-order valence-electron chi connectivity index (χ1n) is 9.22. The molecule has 2 aromatic rings. The highest BCUT2D eigenvalue weighted by molar-refractivity contribution is 14.1. The zero-order valence-corrected chi connectivity index (χ0v) is 18.2. The predicted molar refractivity (Wildman–Crippen MR) is 124 cm³/mol. The van der Waals surface area contributed by atoms with Gasteiger partial charge in [0, 0.05) is 14.9 Å². The van der Waals surface area contributed by atoms with Gasteiger partial charge in [-0.15, -0.1) is 0 Å². The second-order valence-electron chi connectivity index (χ2n) is 7.00. The Morgan fingerprint density at radius 2 is 1.70 bits per heavy atom. The summed E-state index contributed by atoms with van der Waals surface area (Å²) < 4.78 is 6.48. The van der Waals surface area contributed by atoms with Crippen LogP contribution >= 0.6 is 34.8 Å².